The van der Waals surface area contributed by atoms with Gasteiger partial charge >= 0.3 is 17.1 Å². The number of hydrogen-bond acceptors (Lipinski definition) is 9. The van der Waals surface area contributed by atoms with Gasteiger partial charge in [0.2, 0.25) is 0 Å². The molecule has 0 saturated heterocycles. The third-order valence-corrected chi connectivity index (χ3v) is 1.02. The summed E-state index contributed by atoms with van der Waals surface area (Å²) in [6, 6.07) is 0. The van der Waals surface area contributed by atoms with E-state index in [1.807, 2.05) is 0 Å². The SMILES string of the molecule is CC(O)C(=O)[O-].CC(O)C(=O)[O-].CC(O)C(=O)[O-].[Mn+2].[NH4+]. The number of rotatable bonds is 3. The Hall–Kier alpha value is -1.23. The van der Waals surface area contributed by atoms with Crippen LogP contribution in [0, 0.1) is 0 Å². The molecule has 0 amide bonds. The fourth-order valence-corrected chi connectivity index (χ4v) is 0. The molecule has 0 bridgehead atoms. The average Bonchev–Trinajstić information content (AvgIpc) is 2.18. The Balaban J connectivity index is -0.0000000536. The van der Waals surface area contributed by atoms with Crippen molar-refractivity contribution < 1.29 is 62.1 Å². The molecule has 0 heterocycles. The molecule has 0 aromatic heterocycles. The Bertz CT molecular complexity index is 225. The topological polar surface area (TPSA) is 218 Å². The minimum absolute atomic E-state index is 0. The van der Waals surface area contributed by atoms with Crippen LogP contribution in [-0.2, 0) is 31.5 Å². The first-order chi connectivity index (χ1) is 7.93. The Kier molecular flexibility index (Phi) is 27.8. The summed E-state index contributed by atoms with van der Waals surface area (Å²) < 4.78 is 0. The van der Waals surface area contributed by atoms with Crippen molar-refractivity contribution in [2.75, 3.05) is 0 Å². The third-order valence-electron chi connectivity index (χ3n) is 1.02. The van der Waals surface area contributed by atoms with Crippen molar-refractivity contribution in [1.29, 1.82) is 0 Å². The van der Waals surface area contributed by atoms with Crippen molar-refractivity contribution in [1.82, 2.24) is 6.15 Å². The second-order valence-corrected chi connectivity index (χ2v) is 2.99. The molecule has 1 radical (unpaired) electrons. The van der Waals surface area contributed by atoms with E-state index in [0.717, 1.165) is 20.8 Å². The summed E-state index contributed by atoms with van der Waals surface area (Å²) in [5.41, 5.74) is 0. The van der Waals surface area contributed by atoms with Gasteiger partial charge in [-0.15, -0.1) is 0 Å². The van der Waals surface area contributed by atoms with Crippen LogP contribution in [0.4, 0.5) is 0 Å². The summed E-state index contributed by atoms with van der Waals surface area (Å²) >= 11 is 0. The molecule has 10 nitrogen and oxygen atoms in total. The molecule has 20 heavy (non-hydrogen) atoms. The van der Waals surface area contributed by atoms with Gasteiger partial charge in [-0.2, -0.15) is 0 Å². The number of quaternary nitrogens is 1. The summed E-state index contributed by atoms with van der Waals surface area (Å²) in [6.45, 7) is 3.40. The van der Waals surface area contributed by atoms with Gasteiger partial charge in [0, 0.05) is 0 Å². The van der Waals surface area contributed by atoms with Crippen molar-refractivity contribution in [2.24, 2.45) is 0 Å². The van der Waals surface area contributed by atoms with Crippen LogP contribution < -0.4 is 21.5 Å². The Morgan fingerprint density at radius 3 is 0.750 bits per heavy atom. The van der Waals surface area contributed by atoms with Crippen LogP contribution in [0.25, 0.3) is 0 Å². The number of carbonyl (C=O) groups excluding carboxylic acids is 3. The van der Waals surface area contributed by atoms with E-state index >= 15 is 0 Å². The monoisotopic (exact) mass is 340 g/mol. The van der Waals surface area contributed by atoms with E-state index in [1.54, 1.807) is 0 Å². The summed E-state index contributed by atoms with van der Waals surface area (Å²) in [5, 5.41) is 51.9. The first-order valence-electron chi connectivity index (χ1n) is 4.60. The number of aliphatic hydroxyl groups is 3. The smallest absolute Gasteiger partial charge is 0.547 e. The van der Waals surface area contributed by atoms with Gasteiger partial charge in [0.25, 0.3) is 0 Å². The van der Waals surface area contributed by atoms with Crippen LogP contribution in [0.3, 0.4) is 0 Å². The summed E-state index contributed by atoms with van der Waals surface area (Å²) in [6.07, 6.45) is -4.03. The van der Waals surface area contributed by atoms with E-state index in [1.165, 1.54) is 0 Å². The molecular formula is C9H19MnNO9. The zero-order chi connectivity index (χ0) is 15.5. The zero-order valence-corrected chi connectivity index (χ0v) is 12.6. The van der Waals surface area contributed by atoms with E-state index in [9.17, 15) is 29.7 Å². The van der Waals surface area contributed by atoms with E-state index in [-0.39, 0.29) is 23.2 Å². The van der Waals surface area contributed by atoms with E-state index in [4.69, 9.17) is 15.3 Å². The predicted molar refractivity (Wildman–Crippen MR) is 56.0 cm³/mol. The maximum atomic E-state index is 9.34. The van der Waals surface area contributed by atoms with Crippen molar-refractivity contribution in [2.45, 2.75) is 39.1 Å². The molecule has 121 valence electrons. The fourth-order valence-electron chi connectivity index (χ4n) is 0. The maximum absolute atomic E-state index is 9.34. The first-order valence-corrected chi connectivity index (χ1v) is 4.60. The largest absolute Gasteiger partial charge is 2.00 e. The first kappa shape index (κ1) is 31.3. The normalized spacial score (nSPS) is 12.3. The number of carboxylic acid groups (broad SMARTS) is 3. The molecule has 0 aromatic rings. The summed E-state index contributed by atoms with van der Waals surface area (Å²) in [7, 11) is 0. The molecule has 0 fully saturated rings. The van der Waals surface area contributed by atoms with Crippen molar-refractivity contribution in [3.8, 4) is 0 Å². The molecule has 3 unspecified atom stereocenters. The minimum atomic E-state index is -1.44. The maximum Gasteiger partial charge on any atom is 2.00 e. The van der Waals surface area contributed by atoms with Crippen LogP contribution in [0.2, 0.25) is 0 Å². The summed E-state index contributed by atoms with van der Waals surface area (Å²) in [5.74, 6) is -4.31. The summed E-state index contributed by atoms with van der Waals surface area (Å²) in [4.78, 5) is 28.0. The van der Waals surface area contributed by atoms with Crippen LogP contribution in [-0.4, -0.2) is 51.5 Å². The predicted octanol–water partition coefficient (Wildman–Crippen LogP) is -5.27. The van der Waals surface area contributed by atoms with Crippen LogP contribution in [0.15, 0.2) is 0 Å². The van der Waals surface area contributed by atoms with Gasteiger partial charge in [0.15, 0.2) is 0 Å². The van der Waals surface area contributed by atoms with E-state index in [2.05, 4.69) is 0 Å². The molecule has 0 aromatic carbocycles. The number of carboxylic acids is 3. The number of aliphatic carboxylic acids is 3. The molecule has 3 atom stereocenters. The Labute approximate surface area is 126 Å². The zero-order valence-electron chi connectivity index (χ0n) is 11.4. The molecule has 0 aliphatic rings. The van der Waals surface area contributed by atoms with Crippen LogP contribution >= 0.6 is 0 Å². The van der Waals surface area contributed by atoms with E-state index in [0.29, 0.717) is 0 Å². The van der Waals surface area contributed by atoms with Gasteiger partial charge in [-0.1, -0.05) is 0 Å². The Morgan fingerprint density at radius 1 is 0.700 bits per heavy atom. The third kappa shape index (κ3) is 36.0. The van der Waals surface area contributed by atoms with Gasteiger partial charge < -0.3 is 51.2 Å². The van der Waals surface area contributed by atoms with Gasteiger partial charge in [0.05, 0.1) is 36.2 Å². The molecule has 0 saturated carbocycles. The van der Waals surface area contributed by atoms with E-state index < -0.39 is 36.2 Å². The molecule has 0 aliphatic heterocycles. The van der Waals surface area contributed by atoms with Crippen LogP contribution in [0.1, 0.15) is 20.8 Å². The number of carbonyl (C=O) groups is 3. The quantitative estimate of drug-likeness (QED) is 0.360. The average molecular weight is 340 g/mol. The standard InChI is InChI=1S/3C3H6O3.Mn.H3N/c3*1-2(4)3(5)6;;/h3*2,4H,1H3,(H,5,6);;1H3/q;;;+2;/p-2. The molecule has 7 N–H and O–H groups in total. The molecule has 0 rings (SSSR count). The van der Waals surface area contributed by atoms with Gasteiger partial charge in [-0.3, -0.25) is 0 Å². The second-order valence-electron chi connectivity index (χ2n) is 2.99. The molecule has 0 spiro atoms. The number of aliphatic hydroxyl groups excluding tert-OH is 3. The molecule has 11 heteroatoms. The van der Waals surface area contributed by atoms with Crippen molar-refractivity contribution >= 4 is 17.9 Å². The minimum Gasteiger partial charge on any atom is -0.547 e. The van der Waals surface area contributed by atoms with Crippen LogP contribution in [0.5, 0.6) is 0 Å². The van der Waals surface area contributed by atoms with Crippen molar-refractivity contribution in [3.63, 3.8) is 0 Å². The van der Waals surface area contributed by atoms with Gasteiger partial charge in [-0.05, 0) is 20.8 Å². The van der Waals surface area contributed by atoms with Gasteiger partial charge in [-0.25, -0.2) is 0 Å². The Morgan fingerprint density at radius 2 is 0.750 bits per heavy atom. The number of hydrogen-bond donors (Lipinski definition) is 4. The molecule has 0 aliphatic carbocycles. The van der Waals surface area contributed by atoms with Crippen molar-refractivity contribution in [3.05, 3.63) is 0 Å². The fraction of sp³-hybridized carbons (Fsp3) is 0.667. The second kappa shape index (κ2) is 17.8. The molecular weight excluding hydrogens is 321 g/mol. The van der Waals surface area contributed by atoms with Gasteiger partial charge in [0.1, 0.15) is 0 Å².